The molecule has 0 radical (unpaired) electrons. The third kappa shape index (κ3) is 3.34. The van der Waals surface area contributed by atoms with E-state index >= 15 is 0 Å². The Morgan fingerprint density at radius 1 is 1.20 bits per heavy atom. The Balaban J connectivity index is 1.47. The van der Waals surface area contributed by atoms with Crippen LogP contribution in [0.3, 0.4) is 0 Å². The number of nitrogens with two attached hydrogens (primary N) is 1. The molecule has 3 N–H and O–H groups in total. The van der Waals surface area contributed by atoms with E-state index in [1.165, 1.54) is 38.5 Å². The number of hydrogen-bond donors (Lipinski definition) is 2. The molecule has 0 aromatic carbocycles. The van der Waals surface area contributed by atoms with Crippen molar-refractivity contribution in [1.29, 1.82) is 0 Å². The Kier molecular flexibility index (Phi) is 4.32. The molecule has 3 aliphatic rings. The van der Waals surface area contributed by atoms with Crippen LogP contribution in [0.2, 0.25) is 0 Å². The lowest BCUT2D eigenvalue weighted by molar-refractivity contribution is -0.122. The molecule has 1 amide bonds. The van der Waals surface area contributed by atoms with Gasteiger partial charge >= 0.3 is 0 Å². The second kappa shape index (κ2) is 6.02. The Morgan fingerprint density at radius 3 is 2.40 bits per heavy atom. The van der Waals surface area contributed by atoms with Crippen LogP contribution in [0, 0.1) is 5.41 Å². The molecule has 114 valence electrons. The first kappa shape index (κ1) is 14.3. The predicted octanol–water partition coefficient (Wildman–Crippen LogP) is 1.64. The minimum atomic E-state index is 0.198. The molecule has 0 aromatic heterocycles. The van der Waals surface area contributed by atoms with Gasteiger partial charge in [0.2, 0.25) is 5.91 Å². The molecule has 1 unspecified atom stereocenters. The molecule has 1 aliphatic heterocycles. The highest BCUT2D eigenvalue weighted by atomic mass is 16.1. The molecule has 3 rings (SSSR count). The molecular weight excluding hydrogens is 250 g/mol. The number of carbonyl (C=O) groups excluding carboxylic acids is 1. The molecule has 0 bridgehead atoms. The molecule has 1 heterocycles. The summed E-state index contributed by atoms with van der Waals surface area (Å²) in [5.41, 5.74) is 6.57. The van der Waals surface area contributed by atoms with Gasteiger partial charge in [-0.2, -0.15) is 0 Å². The van der Waals surface area contributed by atoms with E-state index in [9.17, 15) is 4.79 Å². The van der Waals surface area contributed by atoms with Crippen molar-refractivity contribution < 1.29 is 4.79 Å². The number of rotatable bonds is 5. The number of amides is 1. The first-order valence-electron chi connectivity index (χ1n) is 8.44. The summed E-state index contributed by atoms with van der Waals surface area (Å²) >= 11 is 0. The Bertz CT molecular complexity index is 338. The van der Waals surface area contributed by atoms with Gasteiger partial charge in [-0.15, -0.1) is 0 Å². The molecule has 3 fully saturated rings. The fraction of sp³-hybridized carbons (Fsp3) is 0.938. The van der Waals surface area contributed by atoms with Crippen molar-refractivity contribution in [3.63, 3.8) is 0 Å². The van der Waals surface area contributed by atoms with Crippen LogP contribution >= 0.6 is 0 Å². The van der Waals surface area contributed by atoms with Gasteiger partial charge in [0.1, 0.15) is 0 Å². The van der Waals surface area contributed by atoms with Gasteiger partial charge in [0.15, 0.2) is 0 Å². The van der Waals surface area contributed by atoms with Crippen LogP contribution in [-0.2, 0) is 4.79 Å². The van der Waals surface area contributed by atoms with E-state index in [-0.39, 0.29) is 11.9 Å². The Hall–Kier alpha value is -0.610. The summed E-state index contributed by atoms with van der Waals surface area (Å²) in [6.45, 7) is 2.88. The highest BCUT2D eigenvalue weighted by molar-refractivity contribution is 5.77. The van der Waals surface area contributed by atoms with Crippen LogP contribution in [0.1, 0.15) is 57.8 Å². The van der Waals surface area contributed by atoms with Crippen LogP contribution in [0.15, 0.2) is 0 Å². The first-order chi connectivity index (χ1) is 9.71. The van der Waals surface area contributed by atoms with Crippen molar-refractivity contribution in [3.05, 3.63) is 0 Å². The number of nitrogens with zero attached hydrogens (tertiary/aromatic N) is 1. The molecule has 4 heteroatoms. The monoisotopic (exact) mass is 279 g/mol. The summed E-state index contributed by atoms with van der Waals surface area (Å²) in [5.74, 6) is 0.198. The standard InChI is InChI=1S/C16H29N3O/c17-12-14(11-15(20)18-13-3-4-13)19-9-7-16(8-10-19)5-1-2-6-16/h13-14H,1-12,17H2,(H,18,20). The molecule has 1 spiro atoms. The number of hydrogen-bond acceptors (Lipinski definition) is 3. The number of likely N-dealkylation sites (tertiary alicyclic amines) is 1. The quantitative estimate of drug-likeness (QED) is 0.804. The van der Waals surface area contributed by atoms with Crippen molar-refractivity contribution in [3.8, 4) is 0 Å². The van der Waals surface area contributed by atoms with Crippen molar-refractivity contribution in [2.45, 2.75) is 69.9 Å². The van der Waals surface area contributed by atoms with Gasteiger partial charge < -0.3 is 11.1 Å². The van der Waals surface area contributed by atoms with Gasteiger partial charge in [0.25, 0.3) is 0 Å². The Labute approximate surface area is 122 Å². The Morgan fingerprint density at radius 2 is 1.85 bits per heavy atom. The van der Waals surface area contributed by atoms with Crippen molar-refractivity contribution >= 4 is 5.91 Å². The molecule has 2 aliphatic carbocycles. The minimum Gasteiger partial charge on any atom is -0.353 e. The maximum atomic E-state index is 12.0. The predicted molar refractivity (Wildman–Crippen MR) is 80.3 cm³/mol. The van der Waals surface area contributed by atoms with E-state index in [1.54, 1.807) is 0 Å². The van der Waals surface area contributed by atoms with Crippen LogP contribution < -0.4 is 11.1 Å². The van der Waals surface area contributed by atoms with E-state index in [0.29, 0.717) is 24.4 Å². The van der Waals surface area contributed by atoms with E-state index < -0.39 is 0 Å². The smallest absolute Gasteiger partial charge is 0.221 e. The summed E-state index contributed by atoms with van der Waals surface area (Å²) in [7, 11) is 0. The SMILES string of the molecule is NCC(CC(=O)NC1CC1)N1CCC2(CCCC2)CC1. The van der Waals surface area contributed by atoms with Crippen LogP contribution in [0.5, 0.6) is 0 Å². The van der Waals surface area contributed by atoms with Crippen LogP contribution in [0.25, 0.3) is 0 Å². The third-order valence-electron chi connectivity index (χ3n) is 5.67. The van der Waals surface area contributed by atoms with Gasteiger partial charge in [0.05, 0.1) is 0 Å². The van der Waals surface area contributed by atoms with Gasteiger partial charge in [0, 0.05) is 25.0 Å². The fourth-order valence-electron chi connectivity index (χ4n) is 4.08. The zero-order valence-corrected chi connectivity index (χ0v) is 12.6. The summed E-state index contributed by atoms with van der Waals surface area (Å²) in [4.78, 5) is 14.4. The topological polar surface area (TPSA) is 58.4 Å². The normalized spacial score (nSPS) is 27.6. The molecule has 0 aromatic rings. The lowest BCUT2D eigenvalue weighted by Crippen LogP contribution is -2.49. The van der Waals surface area contributed by atoms with E-state index in [2.05, 4.69) is 10.2 Å². The molecule has 2 saturated carbocycles. The molecular formula is C16H29N3O. The summed E-state index contributed by atoms with van der Waals surface area (Å²) in [5, 5.41) is 3.09. The molecule has 1 saturated heterocycles. The van der Waals surface area contributed by atoms with E-state index in [1.807, 2.05) is 0 Å². The second-order valence-electron chi connectivity index (χ2n) is 7.18. The van der Waals surface area contributed by atoms with Crippen LogP contribution in [0.4, 0.5) is 0 Å². The average molecular weight is 279 g/mol. The second-order valence-corrected chi connectivity index (χ2v) is 7.18. The lowest BCUT2D eigenvalue weighted by Gasteiger charge is -2.42. The maximum absolute atomic E-state index is 12.0. The average Bonchev–Trinajstić information content (AvgIpc) is 3.15. The largest absolute Gasteiger partial charge is 0.353 e. The zero-order chi connectivity index (χ0) is 14.0. The first-order valence-corrected chi connectivity index (χ1v) is 8.44. The van der Waals surface area contributed by atoms with Crippen molar-refractivity contribution in [2.75, 3.05) is 19.6 Å². The van der Waals surface area contributed by atoms with Crippen molar-refractivity contribution in [1.82, 2.24) is 10.2 Å². The van der Waals surface area contributed by atoms with Crippen molar-refractivity contribution in [2.24, 2.45) is 11.1 Å². The fourth-order valence-corrected chi connectivity index (χ4v) is 4.08. The highest BCUT2D eigenvalue weighted by Crippen LogP contribution is 2.46. The van der Waals surface area contributed by atoms with E-state index in [4.69, 9.17) is 5.73 Å². The number of nitrogens with one attached hydrogen (secondary N) is 1. The van der Waals surface area contributed by atoms with Gasteiger partial charge in [-0.3, -0.25) is 9.69 Å². The van der Waals surface area contributed by atoms with Gasteiger partial charge in [-0.25, -0.2) is 0 Å². The van der Waals surface area contributed by atoms with Crippen LogP contribution in [-0.4, -0.2) is 42.5 Å². The molecule has 1 atom stereocenters. The van der Waals surface area contributed by atoms with Gasteiger partial charge in [-0.1, -0.05) is 12.8 Å². The number of carbonyl (C=O) groups is 1. The summed E-state index contributed by atoms with van der Waals surface area (Å²) in [6.07, 6.45) is 11.2. The summed E-state index contributed by atoms with van der Waals surface area (Å²) < 4.78 is 0. The van der Waals surface area contributed by atoms with E-state index in [0.717, 1.165) is 25.9 Å². The zero-order valence-electron chi connectivity index (χ0n) is 12.6. The lowest BCUT2D eigenvalue weighted by atomic mass is 9.76. The minimum absolute atomic E-state index is 0.198. The molecule has 4 nitrogen and oxygen atoms in total. The number of piperidine rings is 1. The van der Waals surface area contributed by atoms with Gasteiger partial charge in [-0.05, 0) is 57.0 Å². The molecule has 20 heavy (non-hydrogen) atoms. The third-order valence-corrected chi connectivity index (χ3v) is 5.67. The highest BCUT2D eigenvalue weighted by Gasteiger charge is 2.38. The maximum Gasteiger partial charge on any atom is 0.221 e. The summed E-state index contributed by atoms with van der Waals surface area (Å²) in [6, 6.07) is 0.705.